The van der Waals surface area contributed by atoms with Gasteiger partial charge in [-0.15, -0.1) is 10.2 Å². The fourth-order valence-electron chi connectivity index (χ4n) is 2.09. The SMILES string of the molecule is FC(F)(F)C1CCCC(c2nnc(Br)o2)C1. The number of hydrogen-bond donors (Lipinski definition) is 0. The van der Waals surface area contributed by atoms with Crippen molar-refractivity contribution in [1.29, 1.82) is 0 Å². The van der Waals surface area contributed by atoms with Gasteiger partial charge >= 0.3 is 6.18 Å². The molecule has 7 heteroatoms. The number of hydrogen-bond acceptors (Lipinski definition) is 3. The van der Waals surface area contributed by atoms with Gasteiger partial charge in [-0.3, -0.25) is 0 Å². The molecule has 0 saturated heterocycles. The zero-order chi connectivity index (χ0) is 11.8. The molecule has 1 aromatic heterocycles. The van der Waals surface area contributed by atoms with E-state index in [1.807, 2.05) is 0 Å². The Balaban J connectivity index is 2.07. The second-order valence-corrected chi connectivity index (χ2v) is 4.67. The predicted molar refractivity (Wildman–Crippen MR) is 52.8 cm³/mol. The molecule has 1 heterocycles. The summed E-state index contributed by atoms with van der Waals surface area (Å²) in [6.07, 6.45) is -2.63. The van der Waals surface area contributed by atoms with Gasteiger partial charge in [0.15, 0.2) is 0 Å². The van der Waals surface area contributed by atoms with E-state index in [-0.39, 0.29) is 23.6 Å². The van der Waals surface area contributed by atoms with Crippen LogP contribution in [0.5, 0.6) is 0 Å². The molecule has 1 saturated carbocycles. The van der Waals surface area contributed by atoms with Crippen molar-refractivity contribution in [1.82, 2.24) is 10.2 Å². The molecular formula is C9H10BrF3N2O. The molecule has 0 amide bonds. The van der Waals surface area contributed by atoms with Gasteiger partial charge in [-0.1, -0.05) is 6.42 Å². The summed E-state index contributed by atoms with van der Waals surface area (Å²) < 4.78 is 42.8. The first-order chi connectivity index (χ1) is 7.47. The standard InChI is InChI=1S/C9H10BrF3N2O/c10-8-15-14-7(16-8)5-2-1-3-6(4-5)9(11,12)13/h5-6H,1-4H2. The van der Waals surface area contributed by atoms with Gasteiger partial charge in [0.25, 0.3) is 4.80 Å². The second-order valence-electron chi connectivity index (χ2n) is 4.00. The number of nitrogens with zero attached hydrogens (tertiary/aromatic N) is 2. The van der Waals surface area contributed by atoms with E-state index in [4.69, 9.17) is 4.42 Å². The highest BCUT2D eigenvalue weighted by Crippen LogP contribution is 2.43. The maximum atomic E-state index is 12.6. The minimum absolute atomic E-state index is 0.0537. The predicted octanol–water partition coefficient (Wildman–Crippen LogP) is 3.67. The second kappa shape index (κ2) is 4.35. The van der Waals surface area contributed by atoms with Gasteiger partial charge < -0.3 is 4.42 Å². The Kier molecular flexibility index (Phi) is 3.23. The summed E-state index contributed by atoms with van der Waals surface area (Å²) in [6.45, 7) is 0. The zero-order valence-electron chi connectivity index (χ0n) is 8.30. The minimum atomic E-state index is -4.12. The smallest absolute Gasteiger partial charge is 0.391 e. The zero-order valence-corrected chi connectivity index (χ0v) is 9.88. The molecule has 2 atom stereocenters. The van der Waals surface area contributed by atoms with Gasteiger partial charge in [0, 0.05) is 21.8 Å². The van der Waals surface area contributed by atoms with Crippen molar-refractivity contribution in [3.8, 4) is 0 Å². The molecule has 0 aliphatic heterocycles. The fourth-order valence-corrected chi connectivity index (χ4v) is 2.34. The summed E-state index contributed by atoms with van der Waals surface area (Å²) in [4.78, 5) is 0.219. The average Bonchev–Trinajstić information content (AvgIpc) is 2.64. The Morgan fingerprint density at radius 1 is 1.25 bits per heavy atom. The lowest BCUT2D eigenvalue weighted by Crippen LogP contribution is -2.28. The highest BCUT2D eigenvalue weighted by atomic mass is 79.9. The van der Waals surface area contributed by atoms with E-state index in [9.17, 15) is 13.2 Å². The Hall–Kier alpha value is -0.590. The monoisotopic (exact) mass is 298 g/mol. The number of aromatic nitrogens is 2. The molecule has 16 heavy (non-hydrogen) atoms. The van der Waals surface area contributed by atoms with E-state index in [1.165, 1.54) is 0 Å². The van der Waals surface area contributed by atoms with Crippen LogP contribution in [0, 0.1) is 5.92 Å². The third-order valence-electron chi connectivity index (χ3n) is 2.90. The maximum Gasteiger partial charge on any atom is 0.391 e. The van der Waals surface area contributed by atoms with Crippen molar-refractivity contribution in [3.05, 3.63) is 10.7 Å². The van der Waals surface area contributed by atoms with Gasteiger partial charge in [0.2, 0.25) is 5.89 Å². The van der Waals surface area contributed by atoms with Crippen LogP contribution in [0.15, 0.2) is 9.22 Å². The lowest BCUT2D eigenvalue weighted by Gasteiger charge is -2.28. The molecule has 0 spiro atoms. The normalized spacial score (nSPS) is 27.0. The highest BCUT2D eigenvalue weighted by Gasteiger charge is 2.43. The van der Waals surface area contributed by atoms with Crippen LogP contribution in [-0.4, -0.2) is 16.4 Å². The van der Waals surface area contributed by atoms with Crippen LogP contribution in [0.4, 0.5) is 13.2 Å². The van der Waals surface area contributed by atoms with Crippen LogP contribution in [0.3, 0.4) is 0 Å². The van der Waals surface area contributed by atoms with Crippen LogP contribution < -0.4 is 0 Å². The van der Waals surface area contributed by atoms with E-state index in [0.29, 0.717) is 18.7 Å². The molecule has 2 unspecified atom stereocenters. The summed E-state index contributed by atoms with van der Waals surface area (Å²) in [6, 6.07) is 0. The lowest BCUT2D eigenvalue weighted by molar-refractivity contribution is -0.183. The molecule has 1 aliphatic carbocycles. The number of alkyl halides is 3. The van der Waals surface area contributed by atoms with E-state index in [1.54, 1.807) is 0 Å². The van der Waals surface area contributed by atoms with Gasteiger partial charge in [-0.05, 0) is 19.3 Å². The number of halogens is 4. The first-order valence-corrected chi connectivity index (χ1v) is 5.81. The fraction of sp³-hybridized carbons (Fsp3) is 0.778. The van der Waals surface area contributed by atoms with Crippen LogP contribution in [-0.2, 0) is 0 Å². The molecule has 2 rings (SSSR count). The summed E-state index contributed by atoms with van der Waals surface area (Å²) >= 11 is 2.99. The third-order valence-corrected chi connectivity index (χ3v) is 3.22. The number of rotatable bonds is 1. The Morgan fingerprint density at radius 3 is 2.56 bits per heavy atom. The van der Waals surface area contributed by atoms with Crippen LogP contribution in [0.1, 0.15) is 37.5 Å². The molecule has 90 valence electrons. The van der Waals surface area contributed by atoms with Gasteiger partial charge in [-0.2, -0.15) is 13.2 Å². The van der Waals surface area contributed by atoms with Crippen molar-refractivity contribution >= 4 is 15.9 Å². The van der Waals surface area contributed by atoms with Crippen LogP contribution >= 0.6 is 15.9 Å². The van der Waals surface area contributed by atoms with E-state index in [2.05, 4.69) is 26.1 Å². The van der Waals surface area contributed by atoms with Crippen LogP contribution in [0.25, 0.3) is 0 Å². The third kappa shape index (κ3) is 2.56. The summed E-state index contributed by atoms with van der Waals surface area (Å²) in [5.74, 6) is -1.20. The molecule has 0 aromatic carbocycles. The lowest BCUT2D eigenvalue weighted by atomic mass is 9.81. The topological polar surface area (TPSA) is 38.9 Å². The molecule has 0 N–H and O–H groups in total. The van der Waals surface area contributed by atoms with E-state index in [0.717, 1.165) is 0 Å². The Morgan fingerprint density at radius 2 is 2.00 bits per heavy atom. The highest BCUT2D eigenvalue weighted by molar-refractivity contribution is 9.10. The Bertz CT molecular complexity index is 366. The minimum Gasteiger partial charge on any atom is -0.415 e. The molecule has 1 aliphatic rings. The first-order valence-electron chi connectivity index (χ1n) is 5.02. The molecule has 0 radical (unpaired) electrons. The van der Waals surface area contributed by atoms with Gasteiger partial charge in [0.1, 0.15) is 0 Å². The van der Waals surface area contributed by atoms with Gasteiger partial charge in [-0.25, -0.2) is 0 Å². The molecule has 3 nitrogen and oxygen atoms in total. The molecular weight excluding hydrogens is 289 g/mol. The first kappa shape index (κ1) is 11.9. The van der Waals surface area contributed by atoms with Crippen molar-refractivity contribution in [2.24, 2.45) is 5.92 Å². The van der Waals surface area contributed by atoms with Crippen molar-refractivity contribution < 1.29 is 17.6 Å². The van der Waals surface area contributed by atoms with E-state index >= 15 is 0 Å². The van der Waals surface area contributed by atoms with Crippen molar-refractivity contribution in [2.75, 3.05) is 0 Å². The van der Waals surface area contributed by atoms with Gasteiger partial charge in [0.05, 0.1) is 5.92 Å². The largest absolute Gasteiger partial charge is 0.415 e. The van der Waals surface area contributed by atoms with Crippen molar-refractivity contribution in [2.45, 2.75) is 37.8 Å². The Labute approximate surface area is 98.5 Å². The average molecular weight is 299 g/mol. The van der Waals surface area contributed by atoms with Crippen LogP contribution in [0.2, 0.25) is 0 Å². The molecule has 1 fully saturated rings. The molecule has 0 bridgehead atoms. The maximum absolute atomic E-state index is 12.6. The summed E-state index contributed by atoms with van der Waals surface area (Å²) in [7, 11) is 0. The van der Waals surface area contributed by atoms with Crippen molar-refractivity contribution in [3.63, 3.8) is 0 Å². The summed E-state index contributed by atoms with van der Waals surface area (Å²) in [5.41, 5.74) is 0. The quantitative estimate of drug-likeness (QED) is 0.794. The molecule has 1 aromatic rings. The van der Waals surface area contributed by atoms with E-state index < -0.39 is 12.1 Å². The summed E-state index contributed by atoms with van der Waals surface area (Å²) in [5, 5.41) is 7.32.